The molecular formula is C22H36O3. The van der Waals surface area contributed by atoms with Crippen molar-refractivity contribution in [2.45, 2.75) is 80.1 Å². The summed E-state index contributed by atoms with van der Waals surface area (Å²) in [4.78, 5) is 10.7. The number of ether oxygens (including phenoxy) is 1. The standard InChI is InChI=1S/C22H36O3/c1-17(2)22(24)14-13-19(4)11-7-9-18(3)10-8-12-20(5)15-16-25-21(6)23/h10-11,15,24H,7-9,12-14,16H2,1-6H3/b18-10+,19-11+,20-15+. The molecule has 0 aliphatic carbocycles. The third kappa shape index (κ3) is 14.3. The fourth-order valence-corrected chi connectivity index (χ4v) is 2.27. The van der Waals surface area contributed by atoms with Crippen molar-refractivity contribution in [3.63, 3.8) is 0 Å². The van der Waals surface area contributed by atoms with E-state index in [1.807, 2.05) is 19.9 Å². The molecule has 0 aliphatic heterocycles. The molecule has 0 rings (SSSR count). The fourth-order valence-electron chi connectivity index (χ4n) is 2.27. The minimum Gasteiger partial charge on any atom is -0.512 e. The summed E-state index contributed by atoms with van der Waals surface area (Å²) in [5.74, 6) is 0.278. The summed E-state index contributed by atoms with van der Waals surface area (Å²) in [6.45, 7) is 12.1. The molecule has 3 heteroatoms. The van der Waals surface area contributed by atoms with E-state index in [1.54, 1.807) is 0 Å². The summed E-state index contributed by atoms with van der Waals surface area (Å²) >= 11 is 0. The number of aliphatic hydroxyl groups excluding tert-OH is 1. The molecule has 0 fully saturated rings. The summed E-state index contributed by atoms with van der Waals surface area (Å²) < 4.78 is 4.91. The highest BCUT2D eigenvalue weighted by atomic mass is 16.5. The van der Waals surface area contributed by atoms with Crippen LogP contribution < -0.4 is 0 Å². The third-order valence-electron chi connectivity index (χ3n) is 4.11. The van der Waals surface area contributed by atoms with Gasteiger partial charge >= 0.3 is 5.97 Å². The van der Waals surface area contributed by atoms with E-state index >= 15 is 0 Å². The van der Waals surface area contributed by atoms with Gasteiger partial charge in [-0.3, -0.25) is 4.79 Å². The fraction of sp³-hybridized carbons (Fsp3) is 0.591. The minimum absolute atomic E-state index is 0.237. The Morgan fingerprint density at radius 2 is 1.24 bits per heavy atom. The average molecular weight is 349 g/mol. The second-order valence-corrected chi connectivity index (χ2v) is 6.98. The van der Waals surface area contributed by atoms with Crippen molar-refractivity contribution in [2.24, 2.45) is 0 Å². The van der Waals surface area contributed by atoms with Gasteiger partial charge in [0.05, 0.1) is 5.76 Å². The highest BCUT2D eigenvalue weighted by molar-refractivity contribution is 5.66. The van der Waals surface area contributed by atoms with Crippen LogP contribution in [0.15, 0.2) is 46.3 Å². The van der Waals surface area contributed by atoms with E-state index in [0.29, 0.717) is 12.4 Å². The SMILES string of the molecule is CC(=O)OC/C=C(\C)CC/C=C(\C)CC/C=C(\C)CCC(O)=C(C)C. The molecule has 0 bridgehead atoms. The predicted octanol–water partition coefficient (Wildman–Crippen LogP) is 6.58. The van der Waals surface area contributed by atoms with Crippen LogP contribution in [0.1, 0.15) is 80.1 Å². The largest absolute Gasteiger partial charge is 0.512 e. The van der Waals surface area contributed by atoms with Gasteiger partial charge < -0.3 is 9.84 Å². The van der Waals surface area contributed by atoms with Crippen LogP contribution in [0.25, 0.3) is 0 Å². The second-order valence-electron chi connectivity index (χ2n) is 6.98. The topological polar surface area (TPSA) is 46.5 Å². The maximum Gasteiger partial charge on any atom is 0.302 e. The molecule has 0 aromatic carbocycles. The van der Waals surface area contributed by atoms with Crippen LogP contribution >= 0.6 is 0 Å². The van der Waals surface area contributed by atoms with Gasteiger partial charge in [-0.05, 0) is 78.4 Å². The maximum atomic E-state index is 10.7. The Morgan fingerprint density at radius 1 is 0.760 bits per heavy atom. The van der Waals surface area contributed by atoms with Crippen LogP contribution in [0.3, 0.4) is 0 Å². The Balaban J connectivity index is 4.06. The first kappa shape index (κ1) is 23.2. The van der Waals surface area contributed by atoms with E-state index in [-0.39, 0.29) is 5.97 Å². The molecular weight excluding hydrogens is 312 g/mol. The maximum absolute atomic E-state index is 10.7. The van der Waals surface area contributed by atoms with E-state index in [0.717, 1.165) is 44.1 Å². The molecule has 0 aliphatic rings. The van der Waals surface area contributed by atoms with E-state index in [9.17, 15) is 9.90 Å². The van der Waals surface area contributed by atoms with Crippen molar-refractivity contribution in [3.05, 3.63) is 46.3 Å². The molecule has 0 spiro atoms. The van der Waals surface area contributed by atoms with Crippen molar-refractivity contribution in [1.82, 2.24) is 0 Å². The Hall–Kier alpha value is -1.77. The van der Waals surface area contributed by atoms with Crippen molar-refractivity contribution in [1.29, 1.82) is 0 Å². The first-order chi connectivity index (χ1) is 11.7. The number of carbonyl (C=O) groups excluding carboxylic acids is 1. The van der Waals surface area contributed by atoms with Gasteiger partial charge in [-0.2, -0.15) is 0 Å². The van der Waals surface area contributed by atoms with E-state index in [2.05, 4.69) is 32.9 Å². The lowest BCUT2D eigenvalue weighted by atomic mass is 10.0. The molecule has 0 aromatic rings. The van der Waals surface area contributed by atoms with Gasteiger partial charge in [0.15, 0.2) is 0 Å². The van der Waals surface area contributed by atoms with Crippen molar-refractivity contribution in [3.8, 4) is 0 Å². The van der Waals surface area contributed by atoms with Crippen LogP contribution in [-0.2, 0) is 9.53 Å². The molecule has 0 saturated heterocycles. The molecule has 0 radical (unpaired) electrons. The monoisotopic (exact) mass is 348 g/mol. The zero-order chi connectivity index (χ0) is 19.2. The van der Waals surface area contributed by atoms with Crippen LogP contribution in [0.2, 0.25) is 0 Å². The third-order valence-corrected chi connectivity index (χ3v) is 4.11. The minimum atomic E-state index is -0.237. The molecule has 0 amide bonds. The lowest BCUT2D eigenvalue weighted by Crippen LogP contribution is -1.98. The molecule has 25 heavy (non-hydrogen) atoms. The first-order valence-electron chi connectivity index (χ1n) is 9.18. The molecule has 1 N–H and O–H groups in total. The van der Waals surface area contributed by atoms with Crippen molar-refractivity contribution in [2.75, 3.05) is 6.61 Å². The van der Waals surface area contributed by atoms with Gasteiger partial charge in [0.25, 0.3) is 0 Å². The van der Waals surface area contributed by atoms with Crippen LogP contribution in [-0.4, -0.2) is 17.7 Å². The molecule has 0 unspecified atom stereocenters. The number of allylic oxidation sites excluding steroid dienone is 7. The average Bonchev–Trinajstić information content (AvgIpc) is 2.52. The lowest BCUT2D eigenvalue weighted by molar-refractivity contribution is -0.139. The van der Waals surface area contributed by atoms with E-state index < -0.39 is 0 Å². The Bertz CT molecular complexity index is 529. The van der Waals surface area contributed by atoms with Gasteiger partial charge in [0.1, 0.15) is 6.61 Å². The lowest BCUT2D eigenvalue weighted by Gasteiger charge is -2.04. The number of rotatable bonds is 11. The number of aliphatic hydroxyl groups is 1. The molecule has 3 nitrogen and oxygen atoms in total. The van der Waals surface area contributed by atoms with Crippen molar-refractivity contribution >= 4 is 5.97 Å². The molecule has 0 aromatic heterocycles. The normalized spacial score (nSPS) is 13.0. The van der Waals surface area contributed by atoms with Crippen LogP contribution in [0.5, 0.6) is 0 Å². The van der Waals surface area contributed by atoms with Crippen LogP contribution in [0, 0.1) is 0 Å². The highest BCUT2D eigenvalue weighted by Crippen LogP contribution is 2.15. The number of hydrogen-bond acceptors (Lipinski definition) is 3. The number of hydrogen-bond donors (Lipinski definition) is 1. The van der Waals surface area contributed by atoms with Gasteiger partial charge in [-0.25, -0.2) is 0 Å². The van der Waals surface area contributed by atoms with Crippen LogP contribution in [0.4, 0.5) is 0 Å². The zero-order valence-corrected chi connectivity index (χ0v) is 16.9. The molecule has 0 saturated carbocycles. The smallest absolute Gasteiger partial charge is 0.302 e. The van der Waals surface area contributed by atoms with E-state index in [4.69, 9.17) is 4.74 Å². The quantitative estimate of drug-likeness (QED) is 0.260. The summed E-state index contributed by atoms with van der Waals surface area (Å²) in [7, 11) is 0. The van der Waals surface area contributed by atoms with Gasteiger partial charge in [0, 0.05) is 13.3 Å². The second kappa shape index (κ2) is 13.5. The molecule has 0 atom stereocenters. The predicted molar refractivity (Wildman–Crippen MR) is 107 cm³/mol. The Kier molecular flexibility index (Phi) is 12.6. The summed E-state index contributed by atoms with van der Waals surface area (Å²) in [5, 5.41) is 9.73. The molecule has 0 heterocycles. The summed E-state index contributed by atoms with van der Waals surface area (Å²) in [6.07, 6.45) is 12.3. The Morgan fingerprint density at radius 3 is 1.72 bits per heavy atom. The zero-order valence-electron chi connectivity index (χ0n) is 16.9. The summed E-state index contributed by atoms with van der Waals surface area (Å²) in [6, 6.07) is 0. The van der Waals surface area contributed by atoms with E-state index in [1.165, 1.54) is 23.6 Å². The number of carbonyl (C=O) groups is 1. The van der Waals surface area contributed by atoms with Crippen molar-refractivity contribution < 1.29 is 14.6 Å². The Labute approximate surface area is 154 Å². The first-order valence-corrected chi connectivity index (χ1v) is 9.18. The summed E-state index contributed by atoms with van der Waals surface area (Å²) in [5.41, 5.74) is 5.00. The van der Waals surface area contributed by atoms with Gasteiger partial charge in [-0.15, -0.1) is 0 Å². The molecule has 142 valence electrons. The van der Waals surface area contributed by atoms with Gasteiger partial charge in [-0.1, -0.05) is 28.9 Å². The van der Waals surface area contributed by atoms with Gasteiger partial charge in [0.2, 0.25) is 0 Å². The number of esters is 1. The highest BCUT2D eigenvalue weighted by Gasteiger charge is 1.98.